The molecule has 2 aromatic rings. The highest BCUT2D eigenvalue weighted by atomic mass is 35.5. The van der Waals surface area contributed by atoms with Crippen LogP contribution in [0.3, 0.4) is 0 Å². The zero-order valence-corrected chi connectivity index (χ0v) is 22.7. The van der Waals surface area contributed by atoms with Gasteiger partial charge in [0.1, 0.15) is 17.2 Å². The number of nitrogens with zero attached hydrogens (tertiary/aromatic N) is 4. The highest BCUT2D eigenvalue weighted by molar-refractivity contribution is 6.33. The van der Waals surface area contributed by atoms with E-state index >= 15 is 0 Å². The monoisotopic (exact) mass is 553 g/mol. The molecule has 9 nitrogen and oxygen atoms in total. The molecule has 2 aliphatic rings. The normalized spacial score (nSPS) is 18.2. The van der Waals surface area contributed by atoms with E-state index in [1.54, 1.807) is 44.0 Å². The van der Waals surface area contributed by atoms with Gasteiger partial charge in [0.05, 0.1) is 34.4 Å². The molecule has 39 heavy (non-hydrogen) atoms. The van der Waals surface area contributed by atoms with E-state index in [0.29, 0.717) is 38.0 Å². The number of nitrogens with one attached hydrogen (secondary N) is 1. The number of carbonyl (C=O) groups excluding carboxylic acids is 2. The molecule has 204 valence electrons. The van der Waals surface area contributed by atoms with Gasteiger partial charge in [0.25, 0.3) is 5.91 Å². The summed E-state index contributed by atoms with van der Waals surface area (Å²) in [5.41, 5.74) is -0.000305. The number of halogens is 2. The van der Waals surface area contributed by atoms with Gasteiger partial charge in [-0.1, -0.05) is 23.7 Å². The van der Waals surface area contributed by atoms with Crippen molar-refractivity contribution in [3.8, 4) is 18.0 Å². The van der Waals surface area contributed by atoms with Crippen LogP contribution >= 0.6 is 11.6 Å². The van der Waals surface area contributed by atoms with Crippen LogP contribution in [0.4, 0.5) is 20.6 Å². The van der Waals surface area contributed by atoms with Crippen LogP contribution in [0.1, 0.15) is 39.2 Å². The number of hydrogen-bond acceptors (Lipinski definition) is 7. The number of anilines is 2. The summed E-state index contributed by atoms with van der Waals surface area (Å²) in [5.74, 6) is -0.461. The Bertz CT molecular complexity index is 1340. The lowest BCUT2D eigenvalue weighted by atomic mass is 9.75. The van der Waals surface area contributed by atoms with Crippen molar-refractivity contribution in [1.82, 2.24) is 4.90 Å². The lowest BCUT2D eigenvalue weighted by Gasteiger charge is -2.41. The van der Waals surface area contributed by atoms with E-state index in [9.17, 15) is 19.2 Å². The quantitative estimate of drug-likeness (QED) is 0.405. The largest absolute Gasteiger partial charge is 0.476 e. The van der Waals surface area contributed by atoms with E-state index in [0.717, 1.165) is 5.56 Å². The minimum absolute atomic E-state index is 0.0996. The summed E-state index contributed by atoms with van der Waals surface area (Å²) >= 11 is 6.30. The van der Waals surface area contributed by atoms with Crippen molar-refractivity contribution >= 4 is 35.0 Å². The molecule has 2 amide bonds. The fourth-order valence-corrected chi connectivity index (χ4v) is 4.96. The van der Waals surface area contributed by atoms with E-state index < -0.39 is 23.2 Å². The van der Waals surface area contributed by atoms with E-state index in [4.69, 9.17) is 26.3 Å². The van der Waals surface area contributed by atoms with E-state index in [1.165, 1.54) is 29.2 Å². The highest BCUT2D eigenvalue weighted by Gasteiger charge is 2.42. The molecular weight excluding hydrogens is 525 g/mol. The molecule has 1 fully saturated rings. The summed E-state index contributed by atoms with van der Waals surface area (Å²) in [6.45, 7) is 5.77. The Morgan fingerprint density at radius 1 is 1.21 bits per heavy atom. The standard InChI is InChI=1S/C28H29ClFN5O4/c1-27(2,3)39-26(37)35-15-24(38-23-13-21(33-17-32)20(29)12-22(23)35)25(36)34-10-8-28(16-31,9-11-34)14-18-4-6-19(30)7-5-18/h4-7,12-13,24,33H,8-11,14-15H2,1-3H3. The van der Waals surface area contributed by atoms with Gasteiger partial charge in [-0.15, -0.1) is 0 Å². The van der Waals surface area contributed by atoms with Gasteiger partial charge < -0.3 is 14.4 Å². The first kappa shape index (κ1) is 28.0. The maximum absolute atomic E-state index is 13.6. The zero-order valence-electron chi connectivity index (χ0n) is 22.0. The Balaban J connectivity index is 1.53. The minimum Gasteiger partial charge on any atom is -0.476 e. The molecule has 0 radical (unpaired) electrons. The number of ether oxygens (including phenoxy) is 2. The van der Waals surface area contributed by atoms with Crippen LogP contribution < -0.4 is 15.0 Å². The number of fused-ring (bicyclic) bond motifs is 1. The first-order valence-corrected chi connectivity index (χ1v) is 12.9. The number of amides is 2. The van der Waals surface area contributed by atoms with Crippen molar-refractivity contribution in [2.75, 3.05) is 29.9 Å². The minimum atomic E-state index is -1.03. The fraction of sp³-hybridized carbons (Fsp3) is 0.429. The Morgan fingerprint density at radius 2 is 1.87 bits per heavy atom. The predicted octanol–water partition coefficient (Wildman–Crippen LogP) is 5.25. The van der Waals surface area contributed by atoms with Gasteiger partial charge in [-0.3, -0.25) is 15.0 Å². The van der Waals surface area contributed by atoms with Crippen LogP contribution in [0.2, 0.25) is 5.02 Å². The molecular formula is C28H29ClFN5O4. The number of likely N-dealkylation sites (tertiary alicyclic amines) is 1. The third-order valence-electron chi connectivity index (χ3n) is 6.76. The van der Waals surface area contributed by atoms with Crippen LogP contribution in [-0.4, -0.2) is 48.2 Å². The van der Waals surface area contributed by atoms with Crippen molar-refractivity contribution in [1.29, 1.82) is 10.5 Å². The first-order valence-electron chi connectivity index (χ1n) is 12.5. The number of benzene rings is 2. The van der Waals surface area contributed by atoms with Crippen LogP contribution in [0.15, 0.2) is 36.4 Å². The smallest absolute Gasteiger partial charge is 0.415 e. The van der Waals surface area contributed by atoms with Crippen molar-refractivity contribution in [3.63, 3.8) is 0 Å². The van der Waals surface area contributed by atoms with Gasteiger partial charge in [-0.05, 0) is 63.8 Å². The summed E-state index contributed by atoms with van der Waals surface area (Å²) in [6.07, 6.45) is 1.45. The van der Waals surface area contributed by atoms with Crippen LogP contribution in [0.5, 0.6) is 5.75 Å². The summed E-state index contributed by atoms with van der Waals surface area (Å²) in [7, 11) is 0. The zero-order chi connectivity index (χ0) is 28.4. The van der Waals surface area contributed by atoms with Gasteiger partial charge in [-0.2, -0.15) is 10.5 Å². The maximum atomic E-state index is 13.6. The number of hydrogen-bond donors (Lipinski definition) is 1. The molecule has 1 unspecified atom stereocenters. The van der Waals surface area contributed by atoms with E-state index in [1.807, 2.05) is 0 Å². The molecule has 1 atom stereocenters. The summed E-state index contributed by atoms with van der Waals surface area (Å²) < 4.78 is 24.9. The molecule has 1 saturated heterocycles. The molecule has 11 heteroatoms. The predicted molar refractivity (Wildman–Crippen MR) is 143 cm³/mol. The number of carbonyl (C=O) groups is 2. The summed E-state index contributed by atoms with van der Waals surface area (Å²) in [5, 5.41) is 21.7. The summed E-state index contributed by atoms with van der Waals surface area (Å²) in [6, 6.07) is 11.5. The molecule has 1 N–H and O–H groups in total. The van der Waals surface area contributed by atoms with Gasteiger partial charge in [-0.25, -0.2) is 9.18 Å². The van der Waals surface area contributed by atoms with Crippen molar-refractivity contribution in [2.24, 2.45) is 5.41 Å². The third-order valence-corrected chi connectivity index (χ3v) is 7.07. The Hall–Kier alpha value is -4.02. The average Bonchev–Trinajstić information content (AvgIpc) is 2.89. The van der Waals surface area contributed by atoms with Crippen LogP contribution in [-0.2, 0) is 16.0 Å². The van der Waals surface area contributed by atoms with Gasteiger partial charge in [0.2, 0.25) is 0 Å². The topological polar surface area (TPSA) is 119 Å². The van der Waals surface area contributed by atoms with Gasteiger partial charge in [0.15, 0.2) is 12.3 Å². The maximum Gasteiger partial charge on any atom is 0.415 e. The molecule has 2 aliphatic heterocycles. The number of piperidine rings is 1. The van der Waals surface area contributed by atoms with Crippen molar-refractivity contribution in [3.05, 3.63) is 52.8 Å². The molecule has 0 aliphatic carbocycles. The highest BCUT2D eigenvalue weighted by Crippen LogP contribution is 2.41. The summed E-state index contributed by atoms with van der Waals surface area (Å²) in [4.78, 5) is 29.7. The third kappa shape index (κ3) is 6.35. The molecule has 2 aromatic carbocycles. The second-order valence-corrected chi connectivity index (χ2v) is 11.2. The van der Waals surface area contributed by atoms with Gasteiger partial charge >= 0.3 is 6.09 Å². The molecule has 0 spiro atoms. The Kier molecular flexibility index (Phi) is 7.89. The lowest BCUT2D eigenvalue weighted by Crippen LogP contribution is -2.54. The van der Waals surface area contributed by atoms with E-state index in [-0.39, 0.29) is 34.7 Å². The second-order valence-electron chi connectivity index (χ2n) is 10.8. The van der Waals surface area contributed by atoms with Crippen LogP contribution in [0.25, 0.3) is 0 Å². The SMILES string of the molecule is CC(C)(C)OC(=O)N1CC(C(=O)N2CCC(C#N)(Cc3ccc(F)cc3)CC2)Oc2cc(NC#N)c(Cl)cc21. The van der Waals surface area contributed by atoms with Crippen LogP contribution in [0, 0.1) is 34.0 Å². The Morgan fingerprint density at radius 3 is 2.46 bits per heavy atom. The van der Waals surface area contributed by atoms with Gasteiger partial charge in [0, 0.05) is 19.2 Å². The fourth-order valence-electron chi connectivity index (χ4n) is 4.76. The lowest BCUT2D eigenvalue weighted by molar-refractivity contribution is -0.140. The molecule has 0 bridgehead atoms. The number of rotatable bonds is 4. The number of nitriles is 2. The molecule has 2 heterocycles. The first-order chi connectivity index (χ1) is 18.4. The molecule has 4 rings (SSSR count). The second kappa shape index (κ2) is 11.0. The Labute approximate surface area is 231 Å². The molecule has 0 aromatic heterocycles. The van der Waals surface area contributed by atoms with Crippen molar-refractivity contribution in [2.45, 2.75) is 51.7 Å². The average molecular weight is 554 g/mol. The molecule has 0 saturated carbocycles. The van der Waals surface area contributed by atoms with E-state index in [2.05, 4.69) is 11.4 Å². The van der Waals surface area contributed by atoms with Crippen molar-refractivity contribution < 1.29 is 23.5 Å².